The van der Waals surface area contributed by atoms with Crippen molar-refractivity contribution in [2.24, 2.45) is 5.92 Å². The van der Waals surface area contributed by atoms with Crippen LogP contribution in [0.5, 0.6) is 0 Å². The number of amides is 3. The molecule has 3 amide bonds. The van der Waals surface area contributed by atoms with E-state index in [4.69, 9.17) is 4.42 Å². The molecule has 27 heavy (non-hydrogen) atoms. The largest absolute Gasteiger partial charge is 0.444 e. The molecule has 1 unspecified atom stereocenters. The zero-order chi connectivity index (χ0) is 19.4. The van der Waals surface area contributed by atoms with Gasteiger partial charge in [0, 0.05) is 18.8 Å². The molecule has 144 valence electrons. The van der Waals surface area contributed by atoms with Gasteiger partial charge in [-0.25, -0.2) is 9.78 Å². The average molecular weight is 370 g/mol. The van der Waals surface area contributed by atoms with Gasteiger partial charge in [0.1, 0.15) is 5.76 Å². The highest BCUT2D eigenvalue weighted by atomic mass is 16.4. The number of urea groups is 1. The lowest BCUT2D eigenvalue weighted by molar-refractivity contribution is -0.126. The predicted octanol–water partition coefficient (Wildman–Crippen LogP) is 3.16. The summed E-state index contributed by atoms with van der Waals surface area (Å²) in [4.78, 5) is 31.0. The zero-order valence-corrected chi connectivity index (χ0v) is 16.0. The van der Waals surface area contributed by atoms with E-state index in [1.807, 2.05) is 45.0 Å². The Bertz CT molecular complexity index is 811. The molecule has 3 rings (SSSR count). The molecule has 0 saturated carbocycles. The van der Waals surface area contributed by atoms with Gasteiger partial charge in [0.2, 0.25) is 11.8 Å². The molecule has 1 aliphatic heterocycles. The van der Waals surface area contributed by atoms with Gasteiger partial charge in [-0.05, 0) is 51.3 Å². The lowest BCUT2D eigenvalue weighted by atomic mass is 9.97. The van der Waals surface area contributed by atoms with Crippen LogP contribution in [-0.4, -0.2) is 34.9 Å². The Balaban J connectivity index is 1.53. The van der Waals surface area contributed by atoms with Crippen LogP contribution >= 0.6 is 0 Å². The molecule has 7 heteroatoms. The van der Waals surface area contributed by atoms with Crippen molar-refractivity contribution < 1.29 is 14.0 Å². The fourth-order valence-electron chi connectivity index (χ4n) is 3.22. The molecular formula is C20H26N4O3. The number of piperidine rings is 1. The summed E-state index contributed by atoms with van der Waals surface area (Å²) in [5, 5.41) is 5.78. The van der Waals surface area contributed by atoms with E-state index in [0.29, 0.717) is 19.0 Å². The van der Waals surface area contributed by atoms with Crippen LogP contribution in [0.4, 0.5) is 10.5 Å². The minimum Gasteiger partial charge on any atom is -0.444 e. The summed E-state index contributed by atoms with van der Waals surface area (Å²) in [5.41, 5.74) is 2.68. The number of carbonyl (C=O) groups is 2. The molecule has 7 nitrogen and oxygen atoms in total. The van der Waals surface area contributed by atoms with Crippen LogP contribution < -0.4 is 10.6 Å². The minimum atomic E-state index is -0.223. The second-order valence-corrected chi connectivity index (χ2v) is 7.05. The third kappa shape index (κ3) is 4.87. The van der Waals surface area contributed by atoms with Crippen LogP contribution in [0.1, 0.15) is 35.7 Å². The SMILES string of the molecule is Cc1cccc(NC(=O)N2CCCC(C(=O)NCc3nc(C)c(C)o3)C2)c1. The van der Waals surface area contributed by atoms with Crippen molar-refractivity contribution in [3.05, 3.63) is 47.2 Å². The smallest absolute Gasteiger partial charge is 0.321 e. The number of carbonyl (C=O) groups excluding carboxylic acids is 2. The third-order valence-corrected chi connectivity index (χ3v) is 4.84. The molecule has 2 heterocycles. The standard InChI is InChI=1S/C20H26N4O3/c1-13-6-4-8-17(10-13)23-20(26)24-9-5-7-16(12-24)19(25)21-11-18-22-14(2)15(3)27-18/h4,6,8,10,16H,5,7,9,11-12H2,1-3H3,(H,21,25)(H,23,26). The lowest BCUT2D eigenvalue weighted by Crippen LogP contribution is -2.46. The van der Waals surface area contributed by atoms with Crippen molar-refractivity contribution in [2.75, 3.05) is 18.4 Å². The summed E-state index contributed by atoms with van der Waals surface area (Å²) in [6.07, 6.45) is 1.57. The summed E-state index contributed by atoms with van der Waals surface area (Å²) in [5.74, 6) is 0.967. The number of aryl methyl sites for hydroxylation is 3. The molecule has 0 bridgehead atoms. The maximum absolute atomic E-state index is 12.5. The van der Waals surface area contributed by atoms with Crippen LogP contribution in [0.25, 0.3) is 0 Å². The number of rotatable bonds is 4. The van der Waals surface area contributed by atoms with Crippen LogP contribution in [0, 0.1) is 26.7 Å². The van der Waals surface area contributed by atoms with E-state index >= 15 is 0 Å². The topological polar surface area (TPSA) is 87.5 Å². The van der Waals surface area contributed by atoms with E-state index < -0.39 is 0 Å². The van der Waals surface area contributed by atoms with Gasteiger partial charge in [-0.2, -0.15) is 0 Å². The fraction of sp³-hybridized carbons (Fsp3) is 0.450. The third-order valence-electron chi connectivity index (χ3n) is 4.84. The first-order chi connectivity index (χ1) is 12.9. The number of nitrogens with zero attached hydrogens (tertiary/aromatic N) is 2. The number of nitrogens with one attached hydrogen (secondary N) is 2. The van der Waals surface area contributed by atoms with Gasteiger partial charge < -0.3 is 20.0 Å². The Morgan fingerprint density at radius 3 is 2.81 bits per heavy atom. The minimum absolute atomic E-state index is 0.0726. The Kier molecular flexibility index (Phi) is 5.78. The lowest BCUT2D eigenvalue weighted by Gasteiger charge is -2.32. The molecule has 0 radical (unpaired) electrons. The van der Waals surface area contributed by atoms with Crippen LogP contribution in [0.3, 0.4) is 0 Å². The number of aromatic nitrogens is 1. The van der Waals surface area contributed by atoms with E-state index in [1.54, 1.807) is 4.90 Å². The van der Waals surface area contributed by atoms with Crippen molar-refractivity contribution in [2.45, 2.75) is 40.2 Å². The first kappa shape index (κ1) is 18.9. The molecule has 1 saturated heterocycles. The van der Waals surface area contributed by atoms with Crippen molar-refractivity contribution in [3.63, 3.8) is 0 Å². The average Bonchev–Trinajstić information content (AvgIpc) is 2.97. The number of likely N-dealkylation sites (tertiary alicyclic amines) is 1. The van der Waals surface area contributed by atoms with Crippen molar-refractivity contribution >= 4 is 17.6 Å². The van der Waals surface area contributed by atoms with E-state index in [9.17, 15) is 9.59 Å². The molecule has 0 aliphatic carbocycles. The molecule has 0 spiro atoms. The number of hydrogen-bond donors (Lipinski definition) is 2. The second kappa shape index (κ2) is 8.24. The highest BCUT2D eigenvalue weighted by Gasteiger charge is 2.28. The van der Waals surface area contributed by atoms with Gasteiger partial charge in [-0.3, -0.25) is 4.79 Å². The van der Waals surface area contributed by atoms with Crippen LogP contribution in [-0.2, 0) is 11.3 Å². The highest BCUT2D eigenvalue weighted by Crippen LogP contribution is 2.19. The van der Waals surface area contributed by atoms with Gasteiger partial charge in [-0.15, -0.1) is 0 Å². The monoisotopic (exact) mass is 370 g/mol. The highest BCUT2D eigenvalue weighted by molar-refractivity contribution is 5.90. The maximum Gasteiger partial charge on any atom is 0.321 e. The molecule has 1 aliphatic rings. The van der Waals surface area contributed by atoms with E-state index in [-0.39, 0.29) is 24.4 Å². The summed E-state index contributed by atoms with van der Waals surface area (Å²) >= 11 is 0. The van der Waals surface area contributed by atoms with Crippen LogP contribution in [0.15, 0.2) is 28.7 Å². The molecule has 2 aromatic rings. The maximum atomic E-state index is 12.5. The summed E-state index contributed by atoms with van der Waals surface area (Å²) in [6.45, 7) is 7.02. The Hall–Kier alpha value is -2.83. The zero-order valence-electron chi connectivity index (χ0n) is 16.0. The summed E-state index contributed by atoms with van der Waals surface area (Å²) < 4.78 is 5.49. The quantitative estimate of drug-likeness (QED) is 0.865. The van der Waals surface area contributed by atoms with E-state index in [1.165, 1.54) is 0 Å². The molecule has 1 aromatic carbocycles. The Labute approximate surface area is 159 Å². The number of oxazole rings is 1. The normalized spacial score (nSPS) is 16.9. The first-order valence-electron chi connectivity index (χ1n) is 9.25. The van der Waals surface area contributed by atoms with Gasteiger partial charge in [0.05, 0.1) is 18.2 Å². The molecule has 2 N–H and O–H groups in total. The number of benzene rings is 1. The molecular weight excluding hydrogens is 344 g/mol. The summed E-state index contributed by atoms with van der Waals surface area (Å²) in [6, 6.07) is 7.50. The van der Waals surface area contributed by atoms with Gasteiger partial charge in [-0.1, -0.05) is 12.1 Å². The molecule has 1 atom stereocenters. The van der Waals surface area contributed by atoms with Gasteiger partial charge in [0.15, 0.2) is 0 Å². The number of anilines is 1. The Morgan fingerprint density at radius 1 is 1.30 bits per heavy atom. The van der Waals surface area contributed by atoms with Crippen molar-refractivity contribution in [3.8, 4) is 0 Å². The molecule has 1 fully saturated rings. The Morgan fingerprint density at radius 2 is 2.11 bits per heavy atom. The fourth-order valence-corrected chi connectivity index (χ4v) is 3.22. The molecule has 1 aromatic heterocycles. The van der Waals surface area contributed by atoms with Crippen molar-refractivity contribution in [1.82, 2.24) is 15.2 Å². The van der Waals surface area contributed by atoms with E-state index in [2.05, 4.69) is 15.6 Å². The van der Waals surface area contributed by atoms with E-state index in [0.717, 1.165) is 35.5 Å². The van der Waals surface area contributed by atoms with Crippen molar-refractivity contribution in [1.29, 1.82) is 0 Å². The summed E-state index contributed by atoms with van der Waals surface area (Å²) in [7, 11) is 0. The number of hydrogen-bond acceptors (Lipinski definition) is 4. The van der Waals surface area contributed by atoms with Gasteiger partial charge in [0.25, 0.3) is 0 Å². The first-order valence-corrected chi connectivity index (χ1v) is 9.25. The second-order valence-electron chi connectivity index (χ2n) is 7.05. The van der Waals surface area contributed by atoms with Gasteiger partial charge >= 0.3 is 6.03 Å². The predicted molar refractivity (Wildman–Crippen MR) is 102 cm³/mol. The van der Waals surface area contributed by atoms with Crippen LogP contribution in [0.2, 0.25) is 0 Å².